The number of nitrogens with one attached hydrogen (secondary N) is 1. The van der Waals surface area contributed by atoms with Crippen molar-refractivity contribution in [1.82, 2.24) is 4.72 Å². The summed E-state index contributed by atoms with van der Waals surface area (Å²) < 4.78 is 62.2. The highest BCUT2D eigenvalue weighted by Gasteiger charge is 2.19. The number of hydrogen-bond donors (Lipinski definition) is 2. The van der Waals surface area contributed by atoms with Crippen LogP contribution in [-0.4, -0.2) is 16.8 Å². The van der Waals surface area contributed by atoms with Gasteiger partial charge in [0.1, 0.15) is 10.7 Å². The van der Waals surface area contributed by atoms with Crippen molar-refractivity contribution in [3.8, 4) is 0 Å². The van der Waals surface area contributed by atoms with E-state index in [9.17, 15) is 21.2 Å². The lowest BCUT2D eigenvalue weighted by atomic mass is 10.2. The molecule has 6 nitrogen and oxygen atoms in total. The fourth-order valence-electron chi connectivity index (χ4n) is 1.75. The quantitative estimate of drug-likeness (QED) is 0.824. The van der Waals surface area contributed by atoms with Crippen molar-refractivity contribution in [2.45, 2.75) is 16.3 Å². The van der Waals surface area contributed by atoms with E-state index in [-0.39, 0.29) is 16.5 Å². The third-order valence-corrected chi connectivity index (χ3v) is 5.50. The molecule has 0 heterocycles. The van der Waals surface area contributed by atoms with E-state index >= 15 is 0 Å². The molecule has 2 rings (SSSR count). The van der Waals surface area contributed by atoms with E-state index in [1.165, 1.54) is 30.3 Å². The molecule has 0 bridgehead atoms. The highest BCUT2D eigenvalue weighted by molar-refractivity contribution is 7.89. The lowest BCUT2D eigenvalue weighted by Gasteiger charge is -2.08. The average Bonchev–Trinajstić information content (AvgIpc) is 2.44. The van der Waals surface area contributed by atoms with Crippen molar-refractivity contribution in [2.75, 3.05) is 0 Å². The van der Waals surface area contributed by atoms with Crippen molar-refractivity contribution in [1.29, 1.82) is 0 Å². The van der Waals surface area contributed by atoms with Crippen molar-refractivity contribution in [3.05, 3.63) is 58.9 Å². The molecule has 23 heavy (non-hydrogen) atoms. The number of hydrogen-bond acceptors (Lipinski definition) is 4. The van der Waals surface area contributed by atoms with Gasteiger partial charge >= 0.3 is 0 Å². The van der Waals surface area contributed by atoms with Crippen LogP contribution in [0.25, 0.3) is 0 Å². The third kappa shape index (κ3) is 4.49. The molecule has 3 N–H and O–H groups in total. The molecule has 0 saturated carbocycles. The van der Waals surface area contributed by atoms with Gasteiger partial charge in [0, 0.05) is 11.6 Å². The van der Waals surface area contributed by atoms with E-state index in [2.05, 4.69) is 4.72 Å². The molecule has 0 aliphatic heterocycles. The van der Waals surface area contributed by atoms with Crippen LogP contribution in [0.15, 0.2) is 52.3 Å². The zero-order valence-electron chi connectivity index (χ0n) is 11.5. The molecule has 0 atom stereocenters. The molecule has 10 heteroatoms. The van der Waals surface area contributed by atoms with Gasteiger partial charge in [0.15, 0.2) is 0 Å². The lowest BCUT2D eigenvalue weighted by molar-refractivity contribution is 0.556. The monoisotopic (exact) mass is 378 g/mol. The Morgan fingerprint density at radius 2 is 1.65 bits per heavy atom. The Morgan fingerprint density at radius 1 is 1.04 bits per heavy atom. The molecule has 0 aliphatic carbocycles. The van der Waals surface area contributed by atoms with Crippen LogP contribution in [0.1, 0.15) is 5.56 Å². The number of sulfonamides is 2. The number of primary sulfonamides is 1. The van der Waals surface area contributed by atoms with Crippen LogP contribution in [0.3, 0.4) is 0 Å². The number of nitrogens with two attached hydrogens (primary N) is 1. The molecule has 0 unspecified atom stereocenters. The van der Waals surface area contributed by atoms with Gasteiger partial charge in [-0.2, -0.15) is 0 Å². The van der Waals surface area contributed by atoms with Crippen LogP contribution >= 0.6 is 11.6 Å². The minimum atomic E-state index is -4.07. The molecule has 0 radical (unpaired) electrons. The van der Waals surface area contributed by atoms with Gasteiger partial charge in [0.25, 0.3) is 0 Å². The zero-order valence-corrected chi connectivity index (χ0v) is 13.9. The average molecular weight is 379 g/mol. The van der Waals surface area contributed by atoms with E-state index in [1.807, 2.05) is 0 Å². The van der Waals surface area contributed by atoms with E-state index in [0.29, 0.717) is 5.56 Å². The second kappa shape index (κ2) is 6.54. The molecular weight excluding hydrogens is 367 g/mol. The highest BCUT2D eigenvalue weighted by atomic mass is 35.5. The first-order valence-corrected chi connectivity index (χ1v) is 9.57. The maximum Gasteiger partial charge on any atom is 0.243 e. The Balaban J connectivity index is 2.16. The SMILES string of the molecule is NS(=O)(=O)c1ccc(CNS(=O)(=O)c2ccc(Cl)cc2F)cc1. The van der Waals surface area contributed by atoms with Crippen LogP contribution in [0, 0.1) is 5.82 Å². The Kier molecular flexibility index (Phi) is 5.07. The standard InChI is InChI=1S/C13H12ClFN2O4S2/c14-10-3-6-13(12(15)7-10)23(20,21)17-8-9-1-4-11(5-2-9)22(16,18)19/h1-7,17H,8H2,(H2,16,18,19). The van der Waals surface area contributed by atoms with Crippen LogP contribution < -0.4 is 9.86 Å². The Bertz CT molecular complexity index is 929. The Labute approximate surface area is 138 Å². The molecule has 0 fully saturated rings. The van der Waals surface area contributed by atoms with Crippen LogP contribution in [0.4, 0.5) is 4.39 Å². The summed E-state index contributed by atoms with van der Waals surface area (Å²) >= 11 is 5.58. The van der Waals surface area contributed by atoms with E-state index in [4.69, 9.17) is 16.7 Å². The van der Waals surface area contributed by atoms with Crippen LogP contribution in [0.2, 0.25) is 5.02 Å². The summed E-state index contributed by atoms with van der Waals surface area (Å²) in [5, 5.41) is 5.05. The van der Waals surface area contributed by atoms with Gasteiger partial charge in [-0.15, -0.1) is 0 Å². The summed E-state index contributed by atoms with van der Waals surface area (Å²) in [5.41, 5.74) is 0.482. The summed E-state index contributed by atoms with van der Waals surface area (Å²) in [6.07, 6.45) is 0. The maximum absolute atomic E-state index is 13.7. The van der Waals surface area contributed by atoms with Gasteiger partial charge in [0.2, 0.25) is 20.0 Å². The fourth-order valence-corrected chi connectivity index (χ4v) is 3.50. The molecular formula is C13H12ClFN2O4S2. The topological polar surface area (TPSA) is 106 Å². The molecule has 0 saturated heterocycles. The number of halogens is 2. The van der Waals surface area contributed by atoms with Crippen molar-refractivity contribution >= 4 is 31.6 Å². The highest BCUT2D eigenvalue weighted by Crippen LogP contribution is 2.19. The summed E-state index contributed by atoms with van der Waals surface area (Å²) in [5.74, 6) is -0.963. The molecule has 0 aliphatic rings. The van der Waals surface area contributed by atoms with Crippen LogP contribution in [-0.2, 0) is 26.6 Å². The number of rotatable bonds is 5. The normalized spacial score (nSPS) is 12.3. The number of benzene rings is 2. The summed E-state index contributed by atoms with van der Waals surface area (Å²) in [7, 11) is -7.89. The van der Waals surface area contributed by atoms with E-state index < -0.39 is 30.8 Å². The van der Waals surface area contributed by atoms with E-state index in [0.717, 1.165) is 12.1 Å². The second-order valence-corrected chi connectivity index (χ2v) is 8.32. The molecule has 0 spiro atoms. The summed E-state index contributed by atoms with van der Waals surface area (Å²) in [4.78, 5) is -0.615. The molecule has 0 aromatic heterocycles. The molecule has 124 valence electrons. The van der Waals surface area contributed by atoms with Gasteiger partial charge in [-0.05, 0) is 35.9 Å². The Morgan fingerprint density at radius 3 is 2.17 bits per heavy atom. The minimum absolute atomic E-state index is 0.0834. The Hall–Kier alpha value is -1.52. The zero-order chi connectivity index (χ0) is 17.3. The van der Waals surface area contributed by atoms with Crippen molar-refractivity contribution < 1.29 is 21.2 Å². The molecule has 0 amide bonds. The second-order valence-electron chi connectivity index (χ2n) is 4.59. The fraction of sp³-hybridized carbons (Fsp3) is 0.0769. The largest absolute Gasteiger partial charge is 0.243 e. The first kappa shape index (κ1) is 17.8. The molecule has 2 aromatic rings. The van der Waals surface area contributed by atoms with Gasteiger partial charge in [-0.1, -0.05) is 23.7 Å². The van der Waals surface area contributed by atoms with Gasteiger partial charge < -0.3 is 0 Å². The van der Waals surface area contributed by atoms with Gasteiger partial charge in [0.05, 0.1) is 4.90 Å². The van der Waals surface area contributed by atoms with Crippen LogP contribution in [0.5, 0.6) is 0 Å². The predicted octanol–water partition coefficient (Wildman–Crippen LogP) is 1.60. The minimum Gasteiger partial charge on any atom is -0.225 e. The maximum atomic E-state index is 13.7. The first-order chi connectivity index (χ1) is 10.6. The van der Waals surface area contributed by atoms with Gasteiger partial charge in [-0.3, -0.25) is 0 Å². The molecule has 2 aromatic carbocycles. The first-order valence-electron chi connectivity index (χ1n) is 6.16. The summed E-state index contributed by atoms with van der Waals surface area (Å²) in [6.45, 7) is -0.144. The van der Waals surface area contributed by atoms with Crippen molar-refractivity contribution in [2.24, 2.45) is 5.14 Å². The van der Waals surface area contributed by atoms with E-state index in [1.54, 1.807) is 0 Å². The smallest absolute Gasteiger partial charge is 0.225 e. The predicted molar refractivity (Wildman–Crippen MR) is 83.3 cm³/mol. The lowest BCUT2D eigenvalue weighted by Crippen LogP contribution is -2.24. The van der Waals surface area contributed by atoms with Gasteiger partial charge in [-0.25, -0.2) is 31.1 Å². The van der Waals surface area contributed by atoms with Crippen molar-refractivity contribution in [3.63, 3.8) is 0 Å². The third-order valence-electron chi connectivity index (χ3n) is 2.90. The summed E-state index contributed by atoms with van der Waals surface area (Å²) in [6, 6.07) is 8.53.